The molecule has 140 valence electrons. The van der Waals surface area contributed by atoms with Crippen LogP contribution in [0.15, 0.2) is 23.6 Å². The predicted molar refractivity (Wildman–Crippen MR) is 101 cm³/mol. The summed E-state index contributed by atoms with van der Waals surface area (Å²) in [7, 11) is 1.47. The first-order valence-electron chi connectivity index (χ1n) is 7.92. The molecule has 2 aromatic rings. The lowest BCUT2D eigenvalue weighted by Crippen LogP contribution is -2.34. The fourth-order valence-corrected chi connectivity index (χ4v) is 3.43. The number of nitrogens with zero attached hydrogens (tertiary/aromatic N) is 1. The largest absolute Gasteiger partial charge is 0.495 e. The van der Waals surface area contributed by atoms with Crippen molar-refractivity contribution in [1.29, 1.82) is 0 Å². The molecular weight excluding hydrogens is 376 g/mol. The lowest BCUT2D eigenvalue weighted by Gasteiger charge is -2.16. The van der Waals surface area contributed by atoms with Crippen LogP contribution in [-0.2, 0) is 21.4 Å². The number of carbonyl (C=O) groups is 2. The van der Waals surface area contributed by atoms with E-state index < -0.39 is 17.9 Å². The number of hydrogen-bond donors (Lipinski definition) is 2. The summed E-state index contributed by atoms with van der Waals surface area (Å²) < 4.78 is 5.06. The fraction of sp³-hybridized carbons (Fsp3) is 0.389. The van der Waals surface area contributed by atoms with Crippen molar-refractivity contribution in [2.75, 3.05) is 7.11 Å². The van der Waals surface area contributed by atoms with E-state index in [4.69, 9.17) is 16.3 Å². The Kier molecular flexibility index (Phi) is 6.26. The third kappa shape index (κ3) is 4.95. The number of nitrogens with one attached hydrogen (secondary N) is 1. The molecule has 6 nitrogen and oxygen atoms in total. The third-order valence-corrected chi connectivity index (χ3v) is 5.21. The van der Waals surface area contributed by atoms with Crippen LogP contribution in [0.2, 0.25) is 5.02 Å². The zero-order chi connectivity index (χ0) is 19.5. The van der Waals surface area contributed by atoms with Crippen molar-refractivity contribution in [3.05, 3.63) is 44.9 Å². The van der Waals surface area contributed by atoms with E-state index in [1.54, 1.807) is 12.1 Å². The Bertz CT molecular complexity index is 814. The van der Waals surface area contributed by atoms with Gasteiger partial charge in [-0.25, -0.2) is 9.78 Å². The summed E-state index contributed by atoms with van der Waals surface area (Å²) in [6.07, 6.45) is 0.0141. The van der Waals surface area contributed by atoms with Crippen molar-refractivity contribution in [2.24, 2.45) is 0 Å². The molecule has 1 amide bonds. The van der Waals surface area contributed by atoms with Crippen LogP contribution >= 0.6 is 22.9 Å². The number of halogens is 1. The van der Waals surface area contributed by atoms with E-state index in [1.165, 1.54) is 24.5 Å². The van der Waals surface area contributed by atoms with Gasteiger partial charge in [-0.15, -0.1) is 11.3 Å². The Morgan fingerprint density at radius 3 is 2.58 bits per heavy atom. The summed E-state index contributed by atoms with van der Waals surface area (Å²) in [5.74, 6) is -1.16. The lowest BCUT2D eigenvalue weighted by molar-refractivity contribution is -0.142. The molecule has 1 aromatic heterocycles. The molecule has 1 unspecified atom stereocenters. The highest BCUT2D eigenvalue weighted by Crippen LogP contribution is 2.28. The predicted octanol–water partition coefficient (Wildman–Crippen LogP) is 3.59. The van der Waals surface area contributed by atoms with Gasteiger partial charge in [0.1, 0.15) is 5.75 Å². The Morgan fingerprint density at radius 2 is 2.08 bits per heavy atom. The first kappa shape index (κ1) is 20.2. The van der Waals surface area contributed by atoms with Gasteiger partial charge in [-0.05, 0) is 17.7 Å². The molecule has 0 saturated carbocycles. The minimum atomic E-state index is -1.20. The van der Waals surface area contributed by atoms with Gasteiger partial charge in [-0.3, -0.25) is 4.79 Å². The highest BCUT2D eigenvalue weighted by atomic mass is 35.5. The monoisotopic (exact) mass is 396 g/mol. The summed E-state index contributed by atoms with van der Waals surface area (Å²) in [6, 6.07) is 3.40. The van der Waals surface area contributed by atoms with Gasteiger partial charge >= 0.3 is 5.97 Å². The summed E-state index contributed by atoms with van der Waals surface area (Å²) in [6.45, 7) is 6.14. The van der Waals surface area contributed by atoms with Crippen molar-refractivity contribution in [1.82, 2.24) is 10.3 Å². The smallest absolute Gasteiger partial charge is 0.330 e. The highest BCUT2D eigenvalue weighted by molar-refractivity contribution is 7.09. The van der Waals surface area contributed by atoms with Gasteiger partial charge in [-0.2, -0.15) is 0 Å². The van der Waals surface area contributed by atoms with Gasteiger partial charge in [0.15, 0.2) is 6.04 Å². The number of amides is 1. The number of aromatic nitrogens is 1. The van der Waals surface area contributed by atoms with Gasteiger partial charge in [0.25, 0.3) is 0 Å². The minimum Gasteiger partial charge on any atom is -0.495 e. The first-order chi connectivity index (χ1) is 12.1. The molecule has 0 aliphatic carbocycles. The number of methoxy groups -OCH3 is 1. The summed E-state index contributed by atoms with van der Waals surface area (Å²) in [4.78, 5) is 28.3. The number of carbonyl (C=O) groups excluding carboxylic acids is 1. The van der Waals surface area contributed by atoms with Crippen molar-refractivity contribution < 1.29 is 19.4 Å². The Morgan fingerprint density at radius 1 is 1.38 bits per heavy atom. The first-order valence-corrected chi connectivity index (χ1v) is 9.18. The molecule has 1 heterocycles. The van der Waals surface area contributed by atoms with Gasteiger partial charge in [0.2, 0.25) is 5.91 Å². The quantitative estimate of drug-likeness (QED) is 0.778. The number of rotatable bonds is 6. The Labute approximate surface area is 161 Å². The van der Waals surface area contributed by atoms with Crippen molar-refractivity contribution in [3.63, 3.8) is 0 Å². The molecule has 0 bridgehead atoms. The zero-order valence-corrected chi connectivity index (χ0v) is 16.6. The maximum atomic E-state index is 12.3. The standard InChI is InChI=1S/C18H21ClN2O4S/c1-18(2,3)17-20-11(9-26-17)8-14(22)21-15(16(23)24)10-5-6-13(25-4)12(19)7-10/h5-7,9,15H,8H2,1-4H3,(H,21,22)(H,23,24). The van der Waals surface area contributed by atoms with Crippen LogP contribution in [0.25, 0.3) is 0 Å². The van der Waals surface area contributed by atoms with Gasteiger partial charge in [-0.1, -0.05) is 38.4 Å². The number of carboxylic acid groups (broad SMARTS) is 1. The maximum absolute atomic E-state index is 12.3. The second-order valence-corrected chi connectivity index (χ2v) is 8.07. The average Bonchev–Trinajstić information content (AvgIpc) is 3.01. The molecule has 1 aromatic carbocycles. The molecule has 0 aliphatic rings. The summed E-state index contributed by atoms with van der Waals surface area (Å²) in [5.41, 5.74) is 0.891. The Hall–Kier alpha value is -2.12. The Balaban J connectivity index is 2.12. The minimum absolute atomic E-state index is 0.0141. The number of benzene rings is 1. The van der Waals surface area contributed by atoms with Crippen LogP contribution in [0.3, 0.4) is 0 Å². The normalized spacial score (nSPS) is 12.5. The molecule has 2 N–H and O–H groups in total. The second-order valence-electron chi connectivity index (χ2n) is 6.80. The third-order valence-electron chi connectivity index (χ3n) is 3.60. The van der Waals surface area contributed by atoms with Crippen LogP contribution < -0.4 is 10.1 Å². The molecule has 0 spiro atoms. The molecule has 1 atom stereocenters. The van der Waals surface area contributed by atoms with Crippen LogP contribution in [0.1, 0.15) is 43.1 Å². The molecule has 0 aliphatic heterocycles. The number of hydrogen-bond acceptors (Lipinski definition) is 5. The molecule has 0 fully saturated rings. The molecule has 0 radical (unpaired) electrons. The fourth-order valence-electron chi connectivity index (χ4n) is 2.26. The van der Waals surface area contributed by atoms with Gasteiger partial charge < -0.3 is 15.2 Å². The number of ether oxygens (including phenoxy) is 1. The molecule has 8 heteroatoms. The van der Waals surface area contributed by atoms with Crippen LogP contribution in [0, 0.1) is 0 Å². The van der Waals surface area contributed by atoms with Gasteiger partial charge in [0, 0.05) is 10.8 Å². The van der Waals surface area contributed by atoms with E-state index in [0.29, 0.717) is 17.0 Å². The summed E-state index contributed by atoms with van der Waals surface area (Å²) >= 11 is 7.54. The van der Waals surface area contributed by atoms with Crippen LogP contribution in [0.4, 0.5) is 0 Å². The van der Waals surface area contributed by atoms with Crippen molar-refractivity contribution in [3.8, 4) is 5.75 Å². The van der Waals surface area contributed by atoms with Crippen LogP contribution in [0.5, 0.6) is 5.75 Å². The van der Waals surface area contributed by atoms with Crippen LogP contribution in [-0.4, -0.2) is 29.1 Å². The topological polar surface area (TPSA) is 88.5 Å². The SMILES string of the molecule is COc1ccc(C(NC(=O)Cc2csc(C(C)(C)C)n2)C(=O)O)cc1Cl. The molecule has 2 rings (SSSR count). The molecule has 26 heavy (non-hydrogen) atoms. The van der Waals surface area contributed by atoms with Crippen molar-refractivity contribution in [2.45, 2.75) is 38.6 Å². The molecular formula is C18H21ClN2O4S. The van der Waals surface area contributed by atoms with Gasteiger partial charge in [0.05, 0.1) is 29.3 Å². The zero-order valence-electron chi connectivity index (χ0n) is 15.0. The maximum Gasteiger partial charge on any atom is 0.330 e. The van der Waals surface area contributed by atoms with E-state index in [9.17, 15) is 14.7 Å². The molecule has 0 saturated heterocycles. The van der Waals surface area contributed by atoms with Crippen molar-refractivity contribution >= 4 is 34.8 Å². The van der Waals surface area contributed by atoms with E-state index in [2.05, 4.69) is 10.3 Å². The number of aliphatic carboxylic acids is 1. The van der Waals surface area contributed by atoms with E-state index in [1.807, 2.05) is 26.2 Å². The average molecular weight is 397 g/mol. The number of carboxylic acids is 1. The highest BCUT2D eigenvalue weighted by Gasteiger charge is 2.24. The summed E-state index contributed by atoms with van der Waals surface area (Å²) in [5, 5.41) is 15.0. The lowest BCUT2D eigenvalue weighted by atomic mass is 9.98. The second kappa shape index (κ2) is 8.05. The van der Waals surface area contributed by atoms with E-state index in [0.717, 1.165) is 5.01 Å². The number of thiazole rings is 1. The van der Waals surface area contributed by atoms with E-state index >= 15 is 0 Å². The van der Waals surface area contributed by atoms with E-state index in [-0.39, 0.29) is 16.9 Å².